The van der Waals surface area contributed by atoms with Gasteiger partial charge in [-0.15, -0.1) is 0 Å². The van der Waals surface area contributed by atoms with Gasteiger partial charge in [-0.2, -0.15) is 0 Å². The number of rotatable bonds is 1. The van der Waals surface area contributed by atoms with E-state index in [1.807, 2.05) is 18.2 Å². The minimum absolute atomic E-state index is 0.225. The van der Waals surface area contributed by atoms with Crippen LogP contribution in [0.25, 0.3) is 0 Å². The van der Waals surface area contributed by atoms with E-state index in [1.165, 1.54) is 5.56 Å². The summed E-state index contributed by atoms with van der Waals surface area (Å²) in [5.74, 6) is 0.802. The molecular weight excluding hydrogens is 200 g/mol. The standard InChI is InChI=1S/C14H12O2/c15-12-6-7-13(16)14-10(8-11(12)14)9-4-2-1-3-5-9/h1-7,10,15-16H,8H2. The molecule has 3 rings (SSSR count). The van der Waals surface area contributed by atoms with E-state index in [1.54, 1.807) is 12.1 Å². The first-order valence-electron chi connectivity index (χ1n) is 5.36. The fourth-order valence-electron chi connectivity index (χ4n) is 2.39. The van der Waals surface area contributed by atoms with Gasteiger partial charge < -0.3 is 10.2 Å². The SMILES string of the molecule is Oc1ccc(O)c2c1CC2c1ccccc1. The van der Waals surface area contributed by atoms with Crippen molar-refractivity contribution in [2.24, 2.45) is 0 Å². The molecule has 0 bridgehead atoms. The van der Waals surface area contributed by atoms with E-state index in [0.717, 1.165) is 17.5 Å². The Morgan fingerprint density at radius 1 is 0.875 bits per heavy atom. The maximum absolute atomic E-state index is 9.80. The summed E-state index contributed by atoms with van der Waals surface area (Å²) < 4.78 is 0. The number of hydrogen-bond acceptors (Lipinski definition) is 2. The molecule has 2 heteroatoms. The summed E-state index contributed by atoms with van der Waals surface area (Å²) in [6.45, 7) is 0. The minimum atomic E-state index is 0.225. The molecule has 0 fully saturated rings. The van der Waals surface area contributed by atoms with Gasteiger partial charge in [-0.25, -0.2) is 0 Å². The molecule has 1 unspecified atom stereocenters. The van der Waals surface area contributed by atoms with E-state index < -0.39 is 0 Å². The smallest absolute Gasteiger partial charge is 0.119 e. The summed E-state index contributed by atoms with van der Waals surface area (Å²) in [5, 5.41) is 19.4. The van der Waals surface area contributed by atoms with Crippen molar-refractivity contribution in [3.8, 4) is 11.5 Å². The first kappa shape index (κ1) is 9.28. The molecule has 2 N–H and O–H groups in total. The highest BCUT2D eigenvalue weighted by Crippen LogP contribution is 2.48. The molecule has 0 spiro atoms. The van der Waals surface area contributed by atoms with Crippen LogP contribution in [-0.4, -0.2) is 10.2 Å². The third-order valence-electron chi connectivity index (χ3n) is 3.27. The average Bonchev–Trinajstić information content (AvgIpc) is 2.25. The van der Waals surface area contributed by atoms with Crippen LogP contribution >= 0.6 is 0 Å². The van der Waals surface area contributed by atoms with Crippen LogP contribution in [0.3, 0.4) is 0 Å². The van der Waals surface area contributed by atoms with E-state index in [0.29, 0.717) is 5.75 Å². The fourth-order valence-corrected chi connectivity index (χ4v) is 2.39. The van der Waals surface area contributed by atoms with E-state index >= 15 is 0 Å². The Morgan fingerprint density at radius 3 is 2.31 bits per heavy atom. The summed E-state index contributed by atoms with van der Waals surface area (Å²) in [4.78, 5) is 0. The Hall–Kier alpha value is -1.96. The molecule has 1 aliphatic rings. The Balaban J connectivity index is 2.08. The van der Waals surface area contributed by atoms with Gasteiger partial charge in [0.15, 0.2) is 0 Å². The lowest BCUT2D eigenvalue weighted by atomic mass is 9.73. The molecule has 0 saturated heterocycles. The quantitative estimate of drug-likeness (QED) is 0.713. The second-order valence-electron chi connectivity index (χ2n) is 4.16. The van der Waals surface area contributed by atoms with Gasteiger partial charge in [0.2, 0.25) is 0 Å². The van der Waals surface area contributed by atoms with Crippen LogP contribution in [0, 0.1) is 0 Å². The summed E-state index contributed by atoms with van der Waals surface area (Å²) >= 11 is 0. The topological polar surface area (TPSA) is 40.5 Å². The summed E-state index contributed by atoms with van der Waals surface area (Å²) in [6.07, 6.45) is 0.805. The van der Waals surface area contributed by atoms with Gasteiger partial charge >= 0.3 is 0 Å². The first-order chi connectivity index (χ1) is 7.77. The van der Waals surface area contributed by atoms with Gasteiger partial charge in [0.05, 0.1) is 0 Å². The van der Waals surface area contributed by atoms with Gasteiger partial charge in [0, 0.05) is 17.0 Å². The lowest BCUT2D eigenvalue weighted by Crippen LogP contribution is -2.18. The van der Waals surface area contributed by atoms with Crippen molar-refractivity contribution >= 4 is 0 Å². The van der Waals surface area contributed by atoms with Crippen LogP contribution in [0.4, 0.5) is 0 Å². The molecule has 1 atom stereocenters. The van der Waals surface area contributed by atoms with Crippen molar-refractivity contribution in [3.63, 3.8) is 0 Å². The van der Waals surface area contributed by atoms with Gasteiger partial charge in [-0.1, -0.05) is 30.3 Å². The molecule has 0 aromatic heterocycles. The first-order valence-corrected chi connectivity index (χ1v) is 5.36. The largest absolute Gasteiger partial charge is 0.508 e. The molecule has 2 nitrogen and oxygen atoms in total. The van der Waals surface area contributed by atoms with Gasteiger partial charge in [0.25, 0.3) is 0 Å². The second kappa shape index (κ2) is 3.27. The molecule has 0 amide bonds. The van der Waals surface area contributed by atoms with Crippen LogP contribution in [0.2, 0.25) is 0 Å². The zero-order valence-electron chi connectivity index (χ0n) is 8.72. The third-order valence-corrected chi connectivity index (χ3v) is 3.27. The highest BCUT2D eigenvalue weighted by atomic mass is 16.3. The Morgan fingerprint density at radius 2 is 1.56 bits per heavy atom. The lowest BCUT2D eigenvalue weighted by molar-refractivity contribution is 0.429. The minimum Gasteiger partial charge on any atom is -0.508 e. The zero-order chi connectivity index (χ0) is 11.1. The predicted molar refractivity (Wildman–Crippen MR) is 61.8 cm³/mol. The zero-order valence-corrected chi connectivity index (χ0v) is 8.72. The molecule has 0 saturated carbocycles. The second-order valence-corrected chi connectivity index (χ2v) is 4.16. The van der Waals surface area contributed by atoms with Gasteiger partial charge in [-0.05, 0) is 24.1 Å². The van der Waals surface area contributed by atoms with Crippen LogP contribution in [0.5, 0.6) is 11.5 Å². The van der Waals surface area contributed by atoms with Crippen molar-refractivity contribution in [1.29, 1.82) is 0 Å². The number of hydrogen-bond donors (Lipinski definition) is 2. The monoisotopic (exact) mass is 212 g/mol. The van der Waals surface area contributed by atoms with Crippen molar-refractivity contribution in [3.05, 3.63) is 59.2 Å². The normalized spacial score (nSPS) is 17.6. The maximum atomic E-state index is 9.80. The number of benzene rings is 2. The molecule has 0 heterocycles. The van der Waals surface area contributed by atoms with E-state index in [2.05, 4.69) is 12.1 Å². The molecule has 0 aliphatic heterocycles. The fraction of sp³-hybridized carbons (Fsp3) is 0.143. The molecule has 2 aromatic rings. The van der Waals surface area contributed by atoms with Crippen molar-refractivity contribution in [2.75, 3.05) is 0 Å². The average molecular weight is 212 g/mol. The Labute approximate surface area is 93.8 Å². The summed E-state index contributed by atoms with van der Waals surface area (Å²) in [5.41, 5.74) is 2.95. The Bertz CT molecular complexity index is 532. The number of fused-ring (bicyclic) bond motifs is 1. The predicted octanol–water partition coefficient (Wildman–Crippen LogP) is 2.79. The lowest BCUT2D eigenvalue weighted by Gasteiger charge is -2.31. The van der Waals surface area contributed by atoms with Crippen molar-refractivity contribution in [2.45, 2.75) is 12.3 Å². The third kappa shape index (κ3) is 1.20. The van der Waals surface area contributed by atoms with Crippen molar-refractivity contribution < 1.29 is 10.2 Å². The summed E-state index contributed by atoms with van der Waals surface area (Å²) in [6, 6.07) is 13.2. The number of phenolic OH excluding ortho intramolecular Hbond substituents is 2. The Kier molecular flexibility index (Phi) is 1.90. The number of phenols is 2. The molecule has 80 valence electrons. The van der Waals surface area contributed by atoms with Gasteiger partial charge in [-0.3, -0.25) is 0 Å². The van der Waals surface area contributed by atoms with E-state index in [9.17, 15) is 10.2 Å². The molecule has 0 radical (unpaired) electrons. The summed E-state index contributed by atoms with van der Waals surface area (Å²) in [7, 11) is 0. The van der Waals surface area contributed by atoms with Crippen LogP contribution < -0.4 is 0 Å². The van der Waals surface area contributed by atoms with Crippen molar-refractivity contribution in [1.82, 2.24) is 0 Å². The maximum Gasteiger partial charge on any atom is 0.119 e. The number of aromatic hydroxyl groups is 2. The van der Waals surface area contributed by atoms with E-state index in [-0.39, 0.29) is 11.7 Å². The highest BCUT2D eigenvalue weighted by Gasteiger charge is 2.32. The van der Waals surface area contributed by atoms with Crippen LogP contribution in [-0.2, 0) is 6.42 Å². The van der Waals surface area contributed by atoms with Crippen LogP contribution in [0.1, 0.15) is 22.6 Å². The molecule has 16 heavy (non-hydrogen) atoms. The molecule has 2 aromatic carbocycles. The highest BCUT2D eigenvalue weighted by molar-refractivity contribution is 5.59. The van der Waals surface area contributed by atoms with Crippen LogP contribution in [0.15, 0.2) is 42.5 Å². The van der Waals surface area contributed by atoms with Gasteiger partial charge in [0.1, 0.15) is 11.5 Å². The van der Waals surface area contributed by atoms with E-state index in [4.69, 9.17) is 0 Å². The molecule has 1 aliphatic carbocycles. The molecular formula is C14H12O2.